The van der Waals surface area contributed by atoms with Crippen LogP contribution in [0.25, 0.3) is 10.9 Å². The maximum absolute atomic E-state index is 13.0. The van der Waals surface area contributed by atoms with Crippen molar-refractivity contribution in [2.75, 3.05) is 19.5 Å². The van der Waals surface area contributed by atoms with E-state index in [9.17, 15) is 9.59 Å². The number of ketones is 1. The van der Waals surface area contributed by atoms with Crippen molar-refractivity contribution in [1.29, 1.82) is 0 Å². The Labute approximate surface area is 176 Å². The second-order valence-electron chi connectivity index (χ2n) is 6.54. The van der Waals surface area contributed by atoms with Gasteiger partial charge in [0.05, 0.1) is 29.8 Å². The normalized spacial score (nSPS) is 11.1. The van der Waals surface area contributed by atoms with Gasteiger partial charge in [-0.25, -0.2) is 4.98 Å². The Morgan fingerprint density at radius 3 is 2.75 bits per heavy atom. The zero-order chi connectivity index (χ0) is 20.3. The molecule has 1 heterocycles. The molecule has 0 aliphatic rings. The van der Waals surface area contributed by atoms with Gasteiger partial charge >= 0.3 is 0 Å². The van der Waals surface area contributed by atoms with Crippen LogP contribution in [-0.4, -0.2) is 34.8 Å². The quantitative estimate of drug-likeness (QED) is 0.297. The summed E-state index contributed by atoms with van der Waals surface area (Å²) in [5.41, 5.74) is 3.19. The lowest BCUT2D eigenvalue weighted by Crippen LogP contribution is -2.25. The van der Waals surface area contributed by atoms with Crippen LogP contribution in [0.2, 0.25) is 0 Å². The average molecular weight is 461 g/mol. The lowest BCUT2D eigenvalue weighted by molar-refractivity contribution is 0.102. The predicted molar refractivity (Wildman–Crippen MR) is 117 cm³/mol. The van der Waals surface area contributed by atoms with Crippen molar-refractivity contribution in [2.24, 2.45) is 0 Å². The zero-order valence-electron chi connectivity index (χ0n) is 16.0. The molecule has 0 atom stereocenters. The fourth-order valence-electron chi connectivity index (χ4n) is 2.91. The van der Waals surface area contributed by atoms with Gasteiger partial charge in [-0.2, -0.15) is 0 Å². The summed E-state index contributed by atoms with van der Waals surface area (Å²) in [6.07, 6.45) is 0. The number of thioether (sulfide) groups is 1. The molecule has 5 nitrogen and oxygen atoms in total. The molecular formula is C21H21BrN2O3S. The molecule has 0 unspecified atom stereocenters. The summed E-state index contributed by atoms with van der Waals surface area (Å²) in [7, 11) is 1.59. The molecule has 0 saturated heterocycles. The third-order valence-corrected chi connectivity index (χ3v) is 5.90. The molecule has 2 aromatic carbocycles. The fraction of sp³-hybridized carbons (Fsp3) is 0.286. The highest BCUT2D eigenvalue weighted by Crippen LogP contribution is 2.22. The Hall–Kier alpha value is -1.96. The van der Waals surface area contributed by atoms with Gasteiger partial charge < -0.3 is 4.74 Å². The van der Waals surface area contributed by atoms with Crippen LogP contribution in [-0.2, 0) is 11.3 Å². The van der Waals surface area contributed by atoms with E-state index in [2.05, 4.69) is 20.9 Å². The Balaban J connectivity index is 1.95. The number of fused-ring (bicyclic) bond motifs is 1. The first kappa shape index (κ1) is 20.8. The van der Waals surface area contributed by atoms with Gasteiger partial charge in [-0.1, -0.05) is 45.4 Å². The molecule has 0 aliphatic heterocycles. The summed E-state index contributed by atoms with van der Waals surface area (Å²) in [5, 5.41) is 1.06. The van der Waals surface area contributed by atoms with E-state index in [4.69, 9.17) is 4.74 Å². The van der Waals surface area contributed by atoms with Gasteiger partial charge in [-0.05, 0) is 43.7 Å². The highest BCUT2D eigenvalue weighted by atomic mass is 79.9. The number of hydrogen-bond acceptors (Lipinski definition) is 5. The molecule has 0 bridgehead atoms. The Bertz CT molecular complexity index is 1090. The minimum atomic E-state index is -0.134. The summed E-state index contributed by atoms with van der Waals surface area (Å²) < 4.78 is 7.55. The van der Waals surface area contributed by atoms with Crippen LogP contribution in [0.4, 0.5) is 0 Å². The van der Waals surface area contributed by atoms with Crippen LogP contribution >= 0.6 is 27.7 Å². The maximum Gasteiger partial charge on any atom is 0.262 e. The van der Waals surface area contributed by atoms with Gasteiger partial charge in [0.15, 0.2) is 10.9 Å². The van der Waals surface area contributed by atoms with Crippen LogP contribution in [0.15, 0.2) is 50.8 Å². The first-order valence-corrected chi connectivity index (χ1v) is 10.6. The third-order valence-electron chi connectivity index (χ3n) is 4.43. The number of Topliss-reactive ketones (excluding diaryl/α,β-unsaturated/α-hetero) is 1. The number of aryl methyl sites for hydroxylation is 2. The minimum Gasteiger partial charge on any atom is -0.383 e. The van der Waals surface area contributed by atoms with Crippen molar-refractivity contribution in [3.05, 3.63) is 67.9 Å². The van der Waals surface area contributed by atoms with Gasteiger partial charge in [-0.15, -0.1) is 0 Å². The molecular weight excluding hydrogens is 440 g/mol. The number of hydrogen-bond donors (Lipinski definition) is 0. The monoisotopic (exact) mass is 460 g/mol. The van der Waals surface area contributed by atoms with E-state index in [-0.39, 0.29) is 17.1 Å². The van der Waals surface area contributed by atoms with Gasteiger partial charge in [0.2, 0.25) is 0 Å². The van der Waals surface area contributed by atoms with E-state index in [1.165, 1.54) is 11.8 Å². The summed E-state index contributed by atoms with van der Waals surface area (Å²) in [4.78, 5) is 30.3. The van der Waals surface area contributed by atoms with Crippen molar-refractivity contribution in [3.8, 4) is 0 Å². The standard InChI is InChI=1S/C21H21BrN2O3S/c1-13-4-5-14(2)16(10-13)19(25)12-28-21-23-18-7-6-15(22)11-17(18)20(26)24(21)8-9-27-3/h4-7,10-11H,8-9,12H2,1-3H3. The zero-order valence-corrected chi connectivity index (χ0v) is 18.4. The van der Waals surface area contributed by atoms with Crippen molar-refractivity contribution < 1.29 is 9.53 Å². The van der Waals surface area contributed by atoms with Crippen molar-refractivity contribution >= 4 is 44.4 Å². The molecule has 1 aromatic heterocycles. The summed E-state index contributed by atoms with van der Waals surface area (Å²) in [6, 6.07) is 11.3. The molecule has 0 radical (unpaired) electrons. The van der Waals surface area contributed by atoms with E-state index in [0.717, 1.165) is 15.6 Å². The van der Waals surface area contributed by atoms with E-state index in [1.54, 1.807) is 23.8 Å². The first-order valence-electron chi connectivity index (χ1n) is 8.83. The predicted octanol–water partition coefficient (Wildman–Crippen LogP) is 4.40. The molecule has 3 rings (SSSR count). The van der Waals surface area contributed by atoms with Crippen molar-refractivity contribution in [3.63, 3.8) is 0 Å². The van der Waals surface area contributed by atoms with Crippen molar-refractivity contribution in [2.45, 2.75) is 25.5 Å². The molecule has 0 aliphatic carbocycles. The smallest absolute Gasteiger partial charge is 0.262 e. The second kappa shape index (κ2) is 9.03. The number of ether oxygens (including phenoxy) is 1. The molecule has 28 heavy (non-hydrogen) atoms. The van der Waals surface area contributed by atoms with E-state index in [1.807, 2.05) is 38.1 Å². The number of halogens is 1. The van der Waals surface area contributed by atoms with E-state index < -0.39 is 0 Å². The number of benzene rings is 2. The lowest BCUT2D eigenvalue weighted by atomic mass is 10.0. The van der Waals surface area contributed by atoms with E-state index >= 15 is 0 Å². The molecule has 0 amide bonds. The summed E-state index contributed by atoms with van der Waals surface area (Å²) in [5.74, 6) is 0.237. The molecule has 3 aromatic rings. The number of carbonyl (C=O) groups is 1. The van der Waals surface area contributed by atoms with Gasteiger partial charge in [0.1, 0.15) is 0 Å². The molecule has 7 heteroatoms. The van der Waals surface area contributed by atoms with E-state index in [0.29, 0.717) is 34.8 Å². The van der Waals surface area contributed by atoms with Crippen LogP contribution < -0.4 is 5.56 Å². The third kappa shape index (κ3) is 4.54. The molecule has 0 saturated carbocycles. The Morgan fingerprint density at radius 1 is 1.21 bits per heavy atom. The minimum absolute atomic E-state index is 0.0228. The first-order chi connectivity index (χ1) is 13.4. The van der Waals surface area contributed by atoms with Crippen LogP contribution in [0.5, 0.6) is 0 Å². The Kier molecular flexibility index (Phi) is 6.69. The molecule has 146 valence electrons. The fourth-order valence-corrected chi connectivity index (χ4v) is 4.18. The highest BCUT2D eigenvalue weighted by molar-refractivity contribution is 9.10. The van der Waals surface area contributed by atoms with Gasteiger partial charge in [-0.3, -0.25) is 14.2 Å². The van der Waals surface area contributed by atoms with Crippen LogP contribution in [0, 0.1) is 13.8 Å². The SMILES string of the molecule is COCCn1c(SCC(=O)c2cc(C)ccc2C)nc2ccc(Br)cc2c1=O. The lowest BCUT2D eigenvalue weighted by Gasteiger charge is -2.13. The maximum atomic E-state index is 13.0. The number of nitrogens with zero attached hydrogens (tertiary/aromatic N) is 2. The number of rotatable bonds is 7. The Morgan fingerprint density at radius 2 is 2.00 bits per heavy atom. The number of aromatic nitrogens is 2. The number of methoxy groups -OCH3 is 1. The topological polar surface area (TPSA) is 61.2 Å². The van der Waals surface area contributed by atoms with Gasteiger partial charge in [0, 0.05) is 17.1 Å². The molecule has 0 spiro atoms. The van der Waals surface area contributed by atoms with Crippen LogP contribution in [0.1, 0.15) is 21.5 Å². The molecule has 0 N–H and O–H groups in total. The summed E-state index contributed by atoms with van der Waals surface area (Å²) >= 11 is 4.68. The molecule has 0 fully saturated rings. The van der Waals surface area contributed by atoms with Crippen molar-refractivity contribution in [1.82, 2.24) is 9.55 Å². The highest BCUT2D eigenvalue weighted by Gasteiger charge is 2.15. The second-order valence-corrected chi connectivity index (χ2v) is 8.39. The average Bonchev–Trinajstić information content (AvgIpc) is 2.68. The van der Waals surface area contributed by atoms with Gasteiger partial charge in [0.25, 0.3) is 5.56 Å². The summed E-state index contributed by atoms with van der Waals surface area (Å²) in [6.45, 7) is 4.66. The van der Waals surface area contributed by atoms with Crippen LogP contribution in [0.3, 0.4) is 0 Å². The largest absolute Gasteiger partial charge is 0.383 e. The number of carbonyl (C=O) groups excluding carboxylic acids is 1.